The molecule has 7 heteroatoms. The fourth-order valence-corrected chi connectivity index (χ4v) is 3.87. The number of fused-ring (bicyclic) bond motifs is 1. The molecular weight excluding hydrogens is 342 g/mol. The van der Waals surface area contributed by atoms with Crippen molar-refractivity contribution in [1.29, 1.82) is 0 Å². The summed E-state index contributed by atoms with van der Waals surface area (Å²) in [5.74, 6) is 2.74. The average Bonchev–Trinajstić information content (AvgIpc) is 3.40. The van der Waals surface area contributed by atoms with E-state index in [4.69, 9.17) is 10.1 Å². The molecule has 0 spiro atoms. The van der Waals surface area contributed by atoms with Crippen molar-refractivity contribution < 1.29 is 4.79 Å². The first-order valence-corrected chi connectivity index (χ1v) is 9.95. The predicted molar refractivity (Wildman–Crippen MR) is 102 cm³/mol. The maximum atomic E-state index is 13.4. The Labute approximate surface area is 158 Å². The third-order valence-electron chi connectivity index (χ3n) is 5.43. The molecule has 4 rings (SSSR count). The molecule has 0 bridgehead atoms. The number of aryl methyl sites for hydroxylation is 1. The van der Waals surface area contributed by atoms with Crippen LogP contribution < -0.4 is 5.56 Å². The monoisotopic (exact) mass is 369 g/mol. The molecule has 27 heavy (non-hydrogen) atoms. The number of aromatic nitrogens is 4. The molecule has 1 N–H and O–H groups in total. The van der Waals surface area contributed by atoms with Gasteiger partial charge in [0.25, 0.3) is 5.91 Å². The van der Waals surface area contributed by atoms with Gasteiger partial charge in [0, 0.05) is 24.2 Å². The molecule has 7 nitrogen and oxygen atoms in total. The van der Waals surface area contributed by atoms with E-state index < -0.39 is 0 Å². The lowest BCUT2D eigenvalue weighted by Gasteiger charge is -2.36. The zero-order valence-electron chi connectivity index (χ0n) is 16.2. The van der Waals surface area contributed by atoms with Crippen molar-refractivity contribution in [3.05, 3.63) is 45.4 Å². The van der Waals surface area contributed by atoms with Gasteiger partial charge in [0.1, 0.15) is 5.82 Å². The van der Waals surface area contributed by atoms with Gasteiger partial charge in [-0.1, -0.05) is 20.8 Å². The molecule has 2 aromatic heterocycles. The fourth-order valence-electron chi connectivity index (χ4n) is 3.87. The van der Waals surface area contributed by atoms with E-state index in [-0.39, 0.29) is 17.5 Å². The van der Waals surface area contributed by atoms with Crippen LogP contribution in [0.5, 0.6) is 0 Å². The Balaban J connectivity index is 1.70. The summed E-state index contributed by atoms with van der Waals surface area (Å²) in [5, 5.41) is 4.70. The molecule has 144 valence electrons. The fraction of sp³-hybridized carbons (Fsp3) is 0.600. The highest BCUT2D eigenvalue weighted by atomic mass is 16.2. The number of hydrogen-bond acceptors (Lipinski definition) is 4. The second-order valence-corrected chi connectivity index (χ2v) is 8.04. The number of carbonyl (C=O) groups is 1. The number of H-pyrrole nitrogens is 1. The van der Waals surface area contributed by atoms with Crippen molar-refractivity contribution in [3.63, 3.8) is 0 Å². The third-order valence-corrected chi connectivity index (χ3v) is 5.43. The second-order valence-electron chi connectivity index (χ2n) is 8.04. The summed E-state index contributed by atoms with van der Waals surface area (Å²) >= 11 is 0. The largest absolute Gasteiger partial charge is 0.326 e. The Morgan fingerprint density at radius 3 is 2.74 bits per heavy atom. The van der Waals surface area contributed by atoms with E-state index in [1.165, 1.54) is 6.07 Å². The molecule has 1 saturated carbocycles. The van der Waals surface area contributed by atoms with E-state index >= 15 is 0 Å². The van der Waals surface area contributed by atoms with Gasteiger partial charge in [0.15, 0.2) is 5.82 Å². The zero-order chi connectivity index (χ0) is 19.1. The van der Waals surface area contributed by atoms with Crippen LogP contribution in [0, 0.1) is 5.92 Å². The first-order valence-electron chi connectivity index (χ1n) is 9.95. The van der Waals surface area contributed by atoms with E-state index in [1.54, 1.807) is 6.07 Å². The lowest BCUT2D eigenvalue weighted by Crippen LogP contribution is -2.43. The van der Waals surface area contributed by atoms with Gasteiger partial charge in [0.2, 0.25) is 5.56 Å². The van der Waals surface area contributed by atoms with Crippen molar-refractivity contribution in [2.75, 3.05) is 6.54 Å². The molecule has 0 saturated heterocycles. The first-order chi connectivity index (χ1) is 13.0. The van der Waals surface area contributed by atoms with Gasteiger partial charge in [-0.2, -0.15) is 5.10 Å². The predicted octanol–water partition coefficient (Wildman–Crippen LogP) is 2.65. The van der Waals surface area contributed by atoms with Crippen LogP contribution in [-0.2, 0) is 13.0 Å². The summed E-state index contributed by atoms with van der Waals surface area (Å²) < 4.78 is 2.00. The van der Waals surface area contributed by atoms with Gasteiger partial charge >= 0.3 is 0 Å². The molecule has 1 atom stereocenters. The Morgan fingerprint density at radius 1 is 1.30 bits per heavy atom. The molecule has 0 aromatic carbocycles. The van der Waals surface area contributed by atoms with Crippen LogP contribution in [-0.4, -0.2) is 37.1 Å². The van der Waals surface area contributed by atoms with Crippen LogP contribution >= 0.6 is 0 Å². The SMILES string of the molecule is CCc1[nH]c(=O)ccc1C(=O)N1CCn2nc(C3CC3)nc2[C@@H]1CC(C)C. The standard InChI is InChI=1S/C20H27N5O2/c1-4-15-14(7-8-17(26)21-15)20(27)24-9-10-25-19(16(24)11-12(2)3)22-18(23-25)13-5-6-13/h7-8,12-13,16H,4-6,9-11H2,1-3H3,(H,21,26)/t16-/m0/s1. The van der Waals surface area contributed by atoms with Crippen molar-refractivity contribution in [2.45, 2.75) is 65.0 Å². The quantitative estimate of drug-likeness (QED) is 0.878. The van der Waals surface area contributed by atoms with Crippen molar-refractivity contribution >= 4 is 5.91 Å². The molecule has 2 aliphatic rings. The highest BCUT2D eigenvalue weighted by Gasteiger charge is 2.37. The molecular formula is C20H27N5O2. The molecule has 3 heterocycles. The van der Waals surface area contributed by atoms with E-state index in [0.29, 0.717) is 42.6 Å². The number of hydrogen-bond donors (Lipinski definition) is 1. The molecule has 1 amide bonds. The molecule has 1 aliphatic carbocycles. The van der Waals surface area contributed by atoms with Crippen LogP contribution in [0.4, 0.5) is 0 Å². The minimum Gasteiger partial charge on any atom is -0.326 e. The molecule has 2 aromatic rings. The Hall–Kier alpha value is -2.44. The van der Waals surface area contributed by atoms with Crippen LogP contribution in [0.25, 0.3) is 0 Å². The molecule has 0 radical (unpaired) electrons. The van der Waals surface area contributed by atoms with E-state index in [0.717, 1.165) is 30.9 Å². The van der Waals surface area contributed by atoms with Gasteiger partial charge in [-0.25, -0.2) is 9.67 Å². The summed E-state index contributed by atoms with van der Waals surface area (Å²) in [6, 6.07) is 3.01. The van der Waals surface area contributed by atoms with E-state index in [1.807, 2.05) is 16.5 Å². The number of carbonyl (C=O) groups excluding carboxylic acids is 1. The second kappa shape index (κ2) is 6.94. The van der Waals surface area contributed by atoms with Crippen LogP contribution in [0.15, 0.2) is 16.9 Å². The maximum absolute atomic E-state index is 13.4. The summed E-state index contributed by atoms with van der Waals surface area (Å²) in [5.41, 5.74) is 1.11. The minimum atomic E-state index is -0.172. The third kappa shape index (κ3) is 3.42. The topological polar surface area (TPSA) is 83.9 Å². The number of rotatable bonds is 5. The van der Waals surface area contributed by atoms with Gasteiger partial charge in [0.05, 0.1) is 18.2 Å². The van der Waals surface area contributed by atoms with Crippen LogP contribution in [0.1, 0.15) is 79.7 Å². The zero-order valence-corrected chi connectivity index (χ0v) is 16.2. The highest BCUT2D eigenvalue weighted by Crippen LogP contribution is 2.40. The van der Waals surface area contributed by atoms with Gasteiger partial charge in [-0.05, 0) is 37.7 Å². The van der Waals surface area contributed by atoms with E-state index in [9.17, 15) is 9.59 Å². The summed E-state index contributed by atoms with van der Waals surface area (Å²) in [6.45, 7) is 7.55. The van der Waals surface area contributed by atoms with Crippen molar-refractivity contribution in [1.82, 2.24) is 24.6 Å². The molecule has 1 aliphatic heterocycles. The van der Waals surface area contributed by atoms with Gasteiger partial charge < -0.3 is 9.88 Å². The Morgan fingerprint density at radius 2 is 2.07 bits per heavy atom. The molecule has 1 fully saturated rings. The number of pyridine rings is 1. The number of nitrogens with zero attached hydrogens (tertiary/aromatic N) is 4. The Kier molecular flexibility index (Phi) is 4.61. The van der Waals surface area contributed by atoms with E-state index in [2.05, 4.69) is 18.8 Å². The lowest BCUT2D eigenvalue weighted by molar-refractivity contribution is 0.0577. The van der Waals surface area contributed by atoms with Gasteiger partial charge in [-0.15, -0.1) is 0 Å². The van der Waals surface area contributed by atoms with Gasteiger partial charge in [-0.3, -0.25) is 9.59 Å². The average molecular weight is 369 g/mol. The highest BCUT2D eigenvalue weighted by molar-refractivity contribution is 5.95. The maximum Gasteiger partial charge on any atom is 0.256 e. The normalized spacial score (nSPS) is 19.4. The summed E-state index contributed by atoms with van der Waals surface area (Å²) in [7, 11) is 0. The Bertz CT molecular complexity index is 909. The van der Waals surface area contributed by atoms with Crippen LogP contribution in [0.2, 0.25) is 0 Å². The molecule has 0 unspecified atom stereocenters. The first kappa shape index (κ1) is 17.9. The van der Waals surface area contributed by atoms with Crippen molar-refractivity contribution in [3.8, 4) is 0 Å². The lowest BCUT2D eigenvalue weighted by atomic mass is 9.99. The summed E-state index contributed by atoms with van der Waals surface area (Å²) in [4.78, 5) is 34.6. The number of amides is 1. The number of nitrogens with one attached hydrogen (secondary N) is 1. The van der Waals surface area contributed by atoms with Crippen LogP contribution in [0.3, 0.4) is 0 Å². The summed E-state index contributed by atoms with van der Waals surface area (Å²) in [6.07, 6.45) is 3.79. The number of aromatic amines is 1. The smallest absolute Gasteiger partial charge is 0.256 e. The van der Waals surface area contributed by atoms with Crippen molar-refractivity contribution in [2.24, 2.45) is 5.92 Å². The minimum absolute atomic E-state index is 0.0315.